The molecular weight excluding hydrogens is 482 g/mol. The van der Waals surface area contributed by atoms with E-state index in [2.05, 4.69) is 48.9 Å². The van der Waals surface area contributed by atoms with Gasteiger partial charge in [-0.2, -0.15) is 0 Å². The Morgan fingerprint density at radius 2 is 2.07 bits per heavy atom. The van der Waals surface area contributed by atoms with E-state index in [1.807, 2.05) is 18.2 Å². The fourth-order valence-electron chi connectivity index (χ4n) is 2.69. The van der Waals surface area contributed by atoms with E-state index in [1.54, 1.807) is 0 Å². The first-order valence-corrected chi connectivity index (χ1v) is 9.71. The Morgan fingerprint density at radius 3 is 2.78 bits per heavy atom. The highest BCUT2D eigenvalue weighted by Crippen LogP contribution is 2.43. The maximum atomic E-state index is 11.1. The van der Waals surface area contributed by atoms with E-state index in [0.29, 0.717) is 24.7 Å². The first-order chi connectivity index (χ1) is 13.0. The Morgan fingerprint density at radius 1 is 1.33 bits per heavy atom. The molecule has 1 aliphatic rings. The lowest BCUT2D eigenvalue weighted by Crippen LogP contribution is -2.34. The first-order valence-electron chi connectivity index (χ1n) is 8.12. The van der Waals surface area contributed by atoms with Gasteiger partial charge in [-0.05, 0) is 37.4 Å². The highest BCUT2D eigenvalue weighted by molar-refractivity contribution is 9.11. The van der Waals surface area contributed by atoms with Gasteiger partial charge in [0.2, 0.25) is 0 Å². The SMILES string of the molecule is Nc1c(OC=C2CN(Cc3ccccc3)CCO2)cc(Br)c([N+](=O)[O-])c1Br. The number of nitro benzene ring substituents is 1. The van der Waals surface area contributed by atoms with E-state index >= 15 is 0 Å². The molecule has 0 aromatic heterocycles. The van der Waals surface area contributed by atoms with Gasteiger partial charge in [0.15, 0.2) is 5.75 Å². The predicted molar refractivity (Wildman–Crippen MR) is 109 cm³/mol. The Kier molecular flexibility index (Phi) is 6.35. The third-order valence-corrected chi connectivity index (χ3v) is 5.42. The van der Waals surface area contributed by atoms with Crippen molar-refractivity contribution in [1.29, 1.82) is 0 Å². The van der Waals surface area contributed by atoms with Gasteiger partial charge in [0, 0.05) is 19.2 Å². The number of nitrogens with two attached hydrogens (primary N) is 1. The van der Waals surface area contributed by atoms with Crippen molar-refractivity contribution in [3.8, 4) is 5.75 Å². The number of rotatable bonds is 5. The van der Waals surface area contributed by atoms with Gasteiger partial charge in [-0.3, -0.25) is 15.0 Å². The molecule has 2 aromatic rings. The van der Waals surface area contributed by atoms with Crippen molar-refractivity contribution in [1.82, 2.24) is 4.90 Å². The molecule has 0 bridgehead atoms. The summed E-state index contributed by atoms with van der Waals surface area (Å²) in [6.07, 6.45) is 1.49. The van der Waals surface area contributed by atoms with Crippen molar-refractivity contribution >= 4 is 43.2 Å². The second kappa shape index (κ2) is 8.73. The van der Waals surface area contributed by atoms with Crippen LogP contribution in [0, 0.1) is 10.1 Å². The van der Waals surface area contributed by atoms with Crippen LogP contribution < -0.4 is 10.5 Å². The van der Waals surface area contributed by atoms with Gasteiger partial charge in [0.25, 0.3) is 5.69 Å². The third kappa shape index (κ3) is 4.79. The minimum Gasteiger partial charge on any atom is -0.492 e. The number of ether oxygens (including phenoxy) is 2. The van der Waals surface area contributed by atoms with Crippen molar-refractivity contribution in [2.45, 2.75) is 6.54 Å². The van der Waals surface area contributed by atoms with E-state index in [9.17, 15) is 10.1 Å². The average molecular weight is 499 g/mol. The molecule has 9 heteroatoms. The van der Waals surface area contributed by atoms with Crippen LogP contribution in [0.5, 0.6) is 5.75 Å². The maximum Gasteiger partial charge on any atom is 0.299 e. The predicted octanol–water partition coefficient (Wildman–Crippen LogP) is 4.45. The van der Waals surface area contributed by atoms with Gasteiger partial charge >= 0.3 is 0 Å². The molecule has 0 atom stereocenters. The molecule has 0 saturated carbocycles. The molecule has 1 fully saturated rings. The van der Waals surface area contributed by atoms with Crippen molar-refractivity contribution in [2.75, 3.05) is 25.4 Å². The standard InChI is InChI=1S/C18H17Br2N3O4/c19-14-8-15(17(21)16(20)18(14)23(24)25)27-11-13-10-22(6-7-26-13)9-12-4-2-1-3-5-12/h1-5,8,11H,6-7,9-10,21H2. The van der Waals surface area contributed by atoms with Crippen LogP contribution in [-0.4, -0.2) is 29.5 Å². The zero-order valence-corrected chi connectivity index (χ0v) is 17.4. The number of hydrogen-bond acceptors (Lipinski definition) is 6. The van der Waals surface area contributed by atoms with Gasteiger partial charge in [0.05, 0.1) is 17.2 Å². The molecule has 0 radical (unpaired) electrons. The fraction of sp³-hybridized carbons (Fsp3) is 0.222. The number of nitrogens with zero attached hydrogens (tertiary/aromatic N) is 2. The Balaban J connectivity index is 1.71. The number of nitrogen functional groups attached to an aromatic ring is 1. The maximum absolute atomic E-state index is 11.1. The Bertz CT molecular complexity index is 875. The van der Waals surface area contributed by atoms with Crippen molar-refractivity contribution in [3.05, 3.63) is 73.0 Å². The Hall–Kier alpha value is -2.10. The van der Waals surface area contributed by atoms with Crippen LogP contribution >= 0.6 is 31.9 Å². The quantitative estimate of drug-likeness (QED) is 0.283. The first kappa shape index (κ1) is 19.7. The van der Waals surface area contributed by atoms with E-state index in [-0.39, 0.29) is 20.3 Å². The summed E-state index contributed by atoms with van der Waals surface area (Å²) in [5.74, 6) is 0.970. The summed E-state index contributed by atoms with van der Waals surface area (Å²) in [7, 11) is 0. The van der Waals surface area contributed by atoms with Crippen LogP contribution in [0.25, 0.3) is 0 Å². The summed E-state index contributed by atoms with van der Waals surface area (Å²) in [6.45, 7) is 2.80. The van der Waals surface area contributed by atoms with Crippen LogP contribution in [0.1, 0.15) is 5.56 Å². The smallest absolute Gasteiger partial charge is 0.299 e. The summed E-state index contributed by atoms with van der Waals surface area (Å²) in [5.41, 5.74) is 7.19. The molecule has 0 spiro atoms. The largest absolute Gasteiger partial charge is 0.492 e. The molecule has 142 valence electrons. The van der Waals surface area contributed by atoms with E-state index in [4.69, 9.17) is 15.2 Å². The summed E-state index contributed by atoms with van der Waals surface area (Å²) in [4.78, 5) is 12.8. The minimum absolute atomic E-state index is 0.143. The molecule has 0 unspecified atom stereocenters. The lowest BCUT2D eigenvalue weighted by molar-refractivity contribution is -0.386. The molecule has 3 rings (SSSR count). The topological polar surface area (TPSA) is 90.9 Å². The molecule has 0 amide bonds. The number of anilines is 1. The van der Waals surface area contributed by atoms with Crippen molar-refractivity contribution in [2.24, 2.45) is 0 Å². The monoisotopic (exact) mass is 497 g/mol. The summed E-state index contributed by atoms with van der Waals surface area (Å²) >= 11 is 6.34. The highest BCUT2D eigenvalue weighted by atomic mass is 79.9. The molecule has 1 saturated heterocycles. The molecule has 0 aliphatic carbocycles. The summed E-state index contributed by atoms with van der Waals surface area (Å²) < 4.78 is 11.7. The lowest BCUT2D eigenvalue weighted by Gasteiger charge is -2.28. The second-order valence-electron chi connectivity index (χ2n) is 5.94. The van der Waals surface area contributed by atoms with Gasteiger partial charge in [0.1, 0.15) is 27.6 Å². The number of halogens is 2. The molecule has 2 aromatic carbocycles. The van der Waals surface area contributed by atoms with Crippen LogP contribution in [-0.2, 0) is 11.3 Å². The second-order valence-corrected chi connectivity index (χ2v) is 7.58. The molecule has 1 aliphatic heterocycles. The normalized spacial score (nSPS) is 16.1. The van der Waals surface area contributed by atoms with Crippen molar-refractivity contribution < 1.29 is 14.4 Å². The Labute approximate surface area is 173 Å². The third-order valence-electron chi connectivity index (χ3n) is 4.02. The number of hydrogen-bond donors (Lipinski definition) is 1. The molecule has 7 nitrogen and oxygen atoms in total. The zero-order chi connectivity index (χ0) is 19.4. The minimum atomic E-state index is -0.515. The van der Waals surface area contributed by atoms with Gasteiger partial charge in [-0.15, -0.1) is 0 Å². The molecule has 27 heavy (non-hydrogen) atoms. The zero-order valence-electron chi connectivity index (χ0n) is 14.2. The van der Waals surface area contributed by atoms with Gasteiger partial charge in [-0.1, -0.05) is 30.3 Å². The summed E-state index contributed by atoms with van der Waals surface area (Å²) in [6, 6.07) is 11.7. The molecule has 2 N–H and O–H groups in total. The number of benzene rings is 2. The van der Waals surface area contributed by atoms with E-state index in [1.165, 1.54) is 17.9 Å². The number of morpholine rings is 1. The van der Waals surface area contributed by atoms with E-state index in [0.717, 1.165) is 13.1 Å². The summed E-state index contributed by atoms with van der Waals surface area (Å²) in [5, 5.41) is 11.1. The van der Waals surface area contributed by atoms with Crippen LogP contribution in [0.4, 0.5) is 11.4 Å². The number of nitro groups is 1. The van der Waals surface area contributed by atoms with Crippen LogP contribution in [0.3, 0.4) is 0 Å². The van der Waals surface area contributed by atoms with Crippen LogP contribution in [0.2, 0.25) is 0 Å². The lowest BCUT2D eigenvalue weighted by atomic mass is 10.2. The van der Waals surface area contributed by atoms with Crippen LogP contribution in [0.15, 0.2) is 57.4 Å². The van der Waals surface area contributed by atoms with Gasteiger partial charge in [-0.25, -0.2) is 0 Å². The fourth-order valence-corrected chi connectivity index (χ4v) is 4.07. The molecular formula is C18H17Br2N3O4. The van der Waals surface area contributed by atoms with Gasteiger partial charge < -0.3 is 15.2 Å². The van der Waals surface area contributed by atoms with E-state index < -0.39 is 4.92 Å². The highest BCUT2D eigenvalue weighted by Gasteiger charge is 2.23. The average Bonchev–Trinajstić information content (AvgIpc) is 2.64. The van der Waals surface area contributed by atoms with Crippen molar-refractivity contribution in [3.63, 3.8) is 0 Å². The molecule has 1 heterocycles.